The van der Waals surface area contributed by atoms with Crippen molar-refractivity contribution in [3.8, 4) is 11.8 Å². The molecule has 3 aromatic carbocycles. The van der Waals surface area contributed by atoms with Crippen LogP contribution in [0.5, 0.6) is 5.75 Å². The number of hydrogen-bond acceptors (Lipinski definition) is 5. The molecule has 7 nitrogen and oxygen atoms in total. The number of carbonyl (C=O) groups excluding carboxylic acids is 1. The van der Waals surface area contributed by atoms with Crippen molar-refractivity contribution in [3.05, 3.63) is 81.9 Å². The number of nitro benzene ring substituents is 1. The Morgan fingerprint density at radius 2 is 1.93 bits per heavy atom. The molecule has 0 aliphatic heterocycles. The number of nitro groups is 1. The summed E-state index contributed by atoms with van der Waals surface area (Å²) in [5, 5.41) is 24.8. The highest BCUT2D eigenvalue weighted by Gasteiger charge is 2.16. The zero-order valence-corrected chi connectivity index (χ0v) is 14.9. The first kappa shape index (κ1) is 18.6. The van der Waals surface area contributed by atoms with Gasteiger partial charge in [-0.15, -0.1) is 0 Å². The van der Waals surface area contributed by atoms with Crippen LogP contribution in [0.25, 0.3) is 16.8 Å². The number of hydrogen-bond donors (Lipinski definition) is 1. The lowest BCUT2D eigenvalue weighted by molar-refractivity contribution is -0.384. The van der Waals surface area contributed by atoms with Crippen molar-refractivity contribution in [1.29, 1.82) is 5.26 Å². The maximum absolute atomic E-state index is 12.6. The van der Waals surface area contributed by atoms with Gasteiger partial charge in [0.05, 0.1) is 17.7 Å². The van der Waals surface area contributed by atoms with Gasteiger partial charge in [-0.2, -0.15) is 5.26 Å². The van der Waals surface area contributed by atoms with Crippen LogP contribution in [0.2, 0.25) is 0 Å². The lowest BCUT2D eigenvalue weighted by Crippen LogP contribution is -2.14. The van der Waals surface area contributed by atoms with Crippen LogP contribution in [0.4, 0.5) is 11.4 Å². The first-order valence-corrected chi connectivity index (χ1v) is 8.27. The van der Waals surface area contributed by atoms with Crippen LogP contribution in [0, 0.1) is 21.4 Å². The zero-order valence-electron chi connectivity index (χ0n) is 14.9. The lowest BCUT2D eigenvalue weighted by atomic mass is 10.0. The molecule has 1 amide bonds. The molecule has 7 heteroatoms. The fourth-order valence-corrected chi connectivity index (χ4v) is 2.78. The number of nitriles is 1. The number of carbonyl (C=O) groups is 1. The summed E-state index contributed by atoms with van der Waals surface area (Å²) >= 11 is 0. The van der Waals surface area contributed by atoms with Gasteiger partial charge in [-0.1, -0.05) is 42.5 Å². The molecule has 0 atom stereocenters. The minimum atomic E-state index is -0.686. The molecule has 1 N–H and O–H groups in total. The molecule has 0 spiro atoms. The molecule has 0 bridgehead atoms. The minimum Gasteiger partial charge on any atom is -0.495 e. The van der Waals surface area contributed by atoms with E-state index in [2.05, 4.69) is 5.32 Å². The summed E-state index contributed by atoms with van der Waals surface area (Å²) in [4.78, 5) is 23.0. The van der Waals surface area contributed by atoms with Gasteiger partial charge in [-0.25, -0.2) is 0 Å². The Morgan fingerprint density at radius 3 is 2.64 bits per heavy atom. The molecule has 0 saturated heterocycles. The summed E-state index contributed by atoms with van der Waals surface area (Å²) in [5.74, 6) is -0.435. The summed E-state index contributed by atoms with van der Waals surface area (Å²) in [6.07, 6.45) is 1.49. The average Bonchev–Trinajstić information content (AvgIpc) is 2.71. The van der Waals surface area contributed by atoms with E-state index in [-0.39, 0.29) is 22.7 Å². The fraction of sp³-hybridized carbons (Fsp3) is 0.0476. The summed E-state index contributed by atoms with van der Waals surface area (Å²) in [6, 6.07) is 18.9. The molecule has 0 radical (unpaired) electrons. The molecule has 0 aliphatic carbocycles. The Morgan fingerprint density at radius 1 is 1.18 bits per heavy atom. The molecule has 0 fully saturated rings. The lowest BCUT2D eigenvalue weighted by Gasteiger charge is -2.10. The van der Waals surface area contributed by atoms with Gasteiger partial charge in [-0.05, 0) is 28.5 Å². The van der Waals surface area contributed by atoms with E-state index in [4.69, 9.17) is 4.74 Å². The quantitative estimate of drug-likeness (QED) is 0.311. The third kappa shape index (κ3) is 3.81. The van der Waals surface area contributed by atoms with Crippen LogP contribution >= 0.6 is 0 Å². The average molecular weight is 373 g/mol. The fourth-order valence-electron chi connectivity index (χ4n) is 2.78. The van der Waals surface area contributed by atoms with E-state index in [1.54, 1.807) is 6.07 Å². The van der Waals surface area contributed by atoms with Crippen LogP contribution in [-0.2, 0) is 4.79 Å². The third-order valence-corrected chi connectivity index (χ3v) is 4.13. The van der Waals surface area contributed by atoms with Crippen molar-refractivity contribution in [2.24, 2.45) is 0 Å². The van der Waals surface area contributed by atoms with Gasteiger partial charge in [-0.3, -0.25) is 14.9 Å². The van der Waals surface area contributed by atoms with Gasteiger partial charge in [0.25, 0.3) is 11.6 Å². The van der Waals surface area contributed by atoms with E-state index in [1.807, 2.05) is 42.5 Å². The number of nitrogens with one attached hydrogen (secondary N) is 1. The Bertz CT molecular complexity index is 1140. The Balaban J connectivity index is 1.97. The monoisotopic (exact) mass is 373 g/mol. The predicted octanol–water partition coefficient (Wildman–Crippen LogP) is 4.30. The van der Waals surface area contributed by atoms with Crippen molar-refractivity contribution in [2.75, 3.05) is 12.4 Å². The summed E-state index contributed by atoms with van der Waals surface area (Å²) in [5.41, 5.74) is 0.495. The SMILES string of the molecule is COc1ccc([N+](=O)[O-])cc1NC(=O)/C(C#N)=C/c1cccc2ccccc12. The van der Waals surface area contributed by atoms with Crippen molar-refractivity contribution < 1.29 is 14.5 Å². The number of methoxy groups -OCH3 is 1. The molecule has 0 saturated carbocycles. The molecule has 0 aliphatic rings. The van der Waals surface area contributed by atoms with Crippen molar-refractivity contribution >= 4 is 34.1 Å². The number of nitrogens with zero attached hydrogens (tertiary/aromatic N) is 2. The number of non-ortho nitro benzene ring substituents is 1. The summed E-state index contributed by atoms with van der Waals surface area (Å²) in [6.45, 7) is 0. The molecule has 0 aromatic heterocycles. The second kappa shape index (κ2) is 8.01. The Kier molecular flexibility index (Phi) is 5.33. The Hall–Kier alpha value is -4.18. The highest BCUT2D eigenvalue weighted by atomic mass is 16.6. The van der Waals surface area contributed by atoms with Crippen LogP contribution in [-0.4, -0.2) is 17.9 Å². The van der Waals surface area contributed by atoms with E-state index >= 15 is 0 Å². The first-order valence-electron chi connectivity index (χ1n) is 8.27. The number of rotatable bonds is 5. The van der Waals surface area contributed by atoms with E-state index in [0.717, 1.165) is 16.3 Å². The maximum Gasteiger partial charge on any atom is 0.271 e. The number of benzene rings is 3. The van der Waals surface area contributed by atoms with Gasteiger partial charge in [0.1, 0.15) is 17.4 Å². The molecule has 138 valence electrons. The van der Waals surface area contributed by atoms with E-state index in [0.29, 0.717) is 0 Å². The largest absolute Gasteiger partial charge is 0.495 e. The molecule has 0 heterocycles. The highest BCUT2D eigenvalue weighted by Crippen LogP contribution is 2.29. The van der Waals surface area contributed by atoms with Crippen LogP contribution in [0.3, 0.4) is 0 Å². The predicted molar refractivity (Wildman–Crippen MR) is 106 cm³/mol. The van der Waals surface area contributed by atoms with Gasteiger partial charge >= 0.3 is 0 Å². The van der Waals surface area contributed by atoms with Crippen LogP contribution in [0.15, 0.2) is 66.2 Å². The molecule has 3 aromatic rings. The smallest absolute Gasteiger partial charge is 0.271 e. The highest BCUT2D eigenvalue weighted by molar-refractivity contribution is 6.11. The van der Waals surface area contributed by atoms with Crippen molar-refractivity contribution in [3.63, 3.8) is 0 Å². The number of amides is 1. The number of fused-ring (bicyclic) bond motifs is 1. The van der Waals surface area contributed by atoms with Gasteiger partial charge < -0.3 is 10.1 Å². The first-order chi connectivity index (χ1) is 13.5. The van der Waals surface area contributed by atoms with E-state index in [9.17, 15) is 20.2 Å². The Labute approximate surface area is 160 Å². The van der Waals surface area contributed by atoms with Crippen LogP contribution < -0.4 is 10.1 Å². The summed E-state index contributed by atoms with van der Waals surface area (Å²) < 4.78 is 5.13. The maximum atomic E-state index is 12.6. The third-order valence-electron chi connectivity index (χ3n) is 4.13. The van der Waals surface area contributed by atoms with Gasteiger partial charge in [0.2, 0.25) is 0 Å². The molecule has 3 rings (SSSR count). The molecular formula is C21H15N3O4. The van der Waals surface area contributed by atoms with E-state index in [1.165, 1.54) is 31.4 Å². The molecule has 0 unspecified atom stereocenters. The normalized spacial score (nSPS) is 10.9. The number of ether oxygens (including phenoxy) is 1. The second-order valence-electron chi connectivity index (χ2n) is 5.83. The van der Waals surface area contributed by atoms with Crippen molar-refractivity contribution in [1.82, 2.24) is 0 Å². The minimum absolute atomic E-state index is 0.112. The van der Waals surface area contributed by atoms with Gasteiger partial charge in [0.15, 0.2) is 0 Å². The van der Waals surface area contributed by atoms with Crippen molar-refractivity contribution in [2.45, 2.75) is 0 Å². The van der Waals surface area contributed by atoms with Crippen LogP contribution in [0.1, 0.15) is 5.56 Å². The summed E-state index contributed by atoms with van der Waals surface area (Å²) in [7, 11) is 1.38. The zero-order chi connectivity index (χ0) is 20.1. The topological polar surface area (TPSA) is 105 Å². The van der Waals surface area contributed by atoms with Gasteiger partial charge in [0, 0.05) is 12.1 Å². The molecular weight excluding hydrogens is 358 g/mol. The second-order valence-corrected chi connectivity index (χ2v) is 5.83. The number of anilines is 1. The standard InChI is InChI=1S/C21H15N3O4/c1-28-20-10-9-17(24(26)27)12-19(20)23-21(25)16(13-22)11-15-7-4-6-14-5-2-3-8-18(14)15/h2-12H,1H3,(H,23,25)/b16-11+. The van der Waals surface area contributed by atoms with E-state index < -0.39 is 10.8 Å². The molecule has 28 heavy (non-hydrogen) atoms.